The van der Waals surface area contributed by atoms with E-state index in [9.17, 15) is 0 Å². The van der Waals surface area contributed by atoms with Crippen LogP contribution in [0.15, 0.2) is 42.2 Å². The molecule has 0 aliphatic carbocycles. The number of hydrogen-bond donors (Lipinski definition) is 0. The van der Waals surface area contributed by atoms with Crippen LogP contribution in [0, 0.1) is 0 Å². The Balaban J connectivity index is 3.59. The van der Waals surface area contributed by atoms with E-state index in [1.54, 1.807) is 0 Å². The van der Waals surface area contributed by atoms with Gasteiger partial charge in [-0.15, -0.1) is 5.73 Å². The molecule has 0 N–H and O–H groups in total. The van der Waals surface area contributed by atoms with Gasteiger partial charge >= 0.3 is 0 Å². The first kappa shape index (κ1) is 10.0. The zero-order valence-corrected chi connectivity index (χ0v) is 7.38. The zero-order valence-electron chi connectivity index (χ0n) is 7.38. The van der Waals surface area contributed by atoms with Gasteiger partial charge in [0.1, 0.15) is 0 Å². The molecule has 0 aliphatic rings. The lowest BCUT2D eigenvalue weighted by atomic mass is 10.3. The largest absolute Gasteiger partial charge is 0.125 e. The number of hydrogen-bond acceptors (Lipinski definition) is 0. The third kappa shape index (κ3) is 9.00. The van der Waals surface area contributed by atoms with E-state index in [0.717, 1.165) is 12.8 Å². The molecule has 0 unspecified atom stereocenters. The molecule has 11 heavy (non-hydrogen) atoms. The first-order valence-electron chi connectivity index (χ1n) is 4.14. The molecule has 0 fully saturated rings. The van der Waals surface area contributed by atoms with Gasteiger partial charge in [0.15, 0.2) is 0 Å². The Morgan fingerprint density at radius 1 is 1.00 bits per heavy atom. The normalized spacial score (nSPS) is 10.4. The first-order valence-corrected chi connectivity index (χ1v) is 4.14. The van der Waals surface area contributed by atoms with Gasteiger partial charge in [0, 0.05) is 0 Å². The van der Waals surface area contributed by atoms with Crippen molar-refractivity contribution in [3.8, 4) is 0 Å². The number of rotatable bonds is 4. The van der Waals surface area contributed by atoms with E-state index in [4.69, 9.17) is 0 Å². The van der Waals surface area contributed by atoms with Crippen LogP contribution in [0.1, 0.15) is 26.7 Å². The molecule has 0 saturated heterocycles. The van der Waals surface area contributed by atoms with Crippen molar-refractivity contribution in [2.45, 2.75) is 26.7 Å². The summed E-state index contributed by atoms with van der Waals surface area (Å²) < 4.78 is 0. The molecule has 0 aromatic heterocycles. The third-order valence-corrected chi connectivity index (χ3v) is 1.11. The van der Waals surface area contributed by atoms with Crippen LogP contribution in [0.2, 0.25) is 0 Å². The van der Waals surface area contributed by atoms with Crippen LogP contribution in [0.4, 0.5) is 0 Å². The molecule has 0 aromatic carbocycles. The van der Waals surface area contributed by atoms with Crippen LogP contribution in [-0.2, 0) is 0 Å². The van der Waals surface area contributed by atoms with Crippen molar-refractivity contribution in [2.24, 2.45) is 0 Å². The van der Waals surface area contributed by atoms with Gasteiger partial charge < -0.3 is 0 Å². The molecule has 0 aliphatic heterocycles. The van der Waals surface area contributed by atoms with Crippen LogP contribution >= 0.6 is 0 Å². The Bertz CT molecular complexity index is 176. The van der Waals surface area contributed by atoms with Gasteiger partial charge in [-0.05, 0) is 25.0 Å². The predicted molar refractivity (Wildman–Crippen MR) is 51.5 cm³/mol. The molecular formula is C11H16. The Morgan fingerprint density at radius 3 is 2.45 bits per heavy atom. The van der Waals surface area contributed by atoms with Crippen molar-refractivity contribution in [1.82, 2.24) is 0 Å². The van der Waals surface area contributed by atoms with Crippen molar-refractivity contribution in [3.63, 3.8) is 0 Å². The second kappa shape index (κ2) is 9.00. The molecule has 0 saturated carbocycles. The summed E-state index contributed by atoms with van der Waals surface area (Å²) in [5.74, 6) is 0. The van der Waals surface area contributed by atoms with Gasteiger partial charge in [-0.3, -0.25) is 0 Å². The molecule has 0 heterocycles. The lowest BCUT2D eigenvalue weighted by Gasteiger charge is -1.72. The van der Waals surface area contributed by atoms with Crippen LogP contribution in [0.3, 0.4) is 0 Å². The van der Waals surface area contributed by atoms with Crippen LogP contribution in [0.5, 0.6) is 0 Å². The van der Waals surface area contributed by atoms with Gasteiger partial charge in [0.25, 0.3) is 0 Å². The third-order valence-electron chi connectivity index (χ3n) is 1.11. The van der Waals surface area contributed by atoms with E-state index >= 15 is 0 Å². The van der Waals surface area contributed by atoms with E-state index in [2.05, 4.69) is 25.7 Å². The highest BCUT2D eigenvalue weighted by Crippen LogP contribution is 1.82. The average molecular weight is 148 g/mol. The molecule has 0 amide bonds. The van der Waals surface area contributed by atoms with E-state index in [0.29, 0.717) is 0 Å². The van der Waals surface area contributed by atoms with Gasteiger partial charge in [0.05, 0.1) is 0 Å². The second-order valence-electron chi connectivity index (χ2n) is 2.17. The quantitative estimate of drug-likeness (QED) is 0.422. The van der Waals surface area contributed by atoms with Crippen molar-refractivity contribution in [2.75, 3.05) is 0 Å². The summed E-state index contributed by atoms with van der Waals surface area (Å²) in [6.45, 7) is 4.22. The fourth-order valence-corrected chi connectivity index (χ4v) is 0.576. The summed E-state index contributed by atoms with van der Waals surface area (Å²) >= 11 is 0. The van der Waals surface area contributed by atoms with E-state index in [-0.39, 0.29) is 0 Å². The number of allylic oxidation sites excluding steroid dienone is 5. The maximum absolute atomic E-state index is 3.04. The van der Waals surface area contributed by atoms with Gasteiger partial charge in [0.2, 0.25) is 0 Å². The SMILES string of the molecule is CCC=C=C/C=C/C=C/CC. The minimum Gasteiger partial charge on any atom is -0.125 e. The highest BCUT2D eigenvalue weighted by atomic mass is 13.7. The molecule has 0 rings (SSSR count). The topological polar surface area (TPSA) is 0 Å². The van der Waals surface area contributed by atoms with Crippen LogP contribution in [0.25, 0.3) is 0 Å². The summed E-state index contributed by atoms with van der Waals surface area (Å²) in [4.78, 5) is 0. The van der Waals surface area contributed by atoms with Crippen molar-refractivity contribution < 1.29 is 0 Å². The van der Waals surface area contributed by atoms with E-state index < -0.39 is 0 Å². The van der Waals surface area contributed by atoms with Crippen molar-refractivity contribution in [1.29, 1.82) is 0 Å². The summed E-state index contributed by atoms with van der Waals surface area (Å²) in [5.41, 5.74) is 3.04. The molecule has 0 heteroatoms. The lowest BCUT2D eigenvalue weighted by Crippen LogP contribution is -1.51. The van der Waals surface area contributed by atoms with Crippen molar-refractivity contribution >= 4 is 0 Å². The van der Waals surface area contributed by atoms with Crippen LogP contribution in [-0.4, -0.2) is 0 Å². The van der Waals surface area contributed by atoms with Gasteiger partial charge in [-0.25, -0.2) is 0 Å². The molecule has 0 nitrogen and oxygen atoms in total. The fraction of sp³-hybridized carbons (Fsp3) is 0.364. The smallest absolute Gasteiger partial charge is 0.0203 e. The standard InChI is InChI=1S/C11H16/c1-3-5-7-9-11-10-8-6-4-2/h5-7,9-11H,3-4H2,1-2H3/b7-5+,11-9+. The van der Waals surface area contributed by atoms with Gasteiger partial charge in [-0.1, -0.05) is 38.2 Å². The second-order valence-corrected chi connectivity index (χ2v) is 2.17. The highest BCUT2D eigenvalue weighted by molar-refractivity contribution is 5.10. The highest BCUT2D eigenvalue weighted by Gasteiger charge is 1.61. The molecule has 0 aromatic rings. The fourth-order valence-electron chi connectivity index (χ4n) is 0.576. The molecule has 0 bridgehead atoms. The minimum atomic E-state index is 1.05. The van der Waals surface area contributed by atoms with Crippen LogP contribution < -0.4 is 0 Å². The Hall–Kier alpha value is -1.00. The molecule has 0 radical (unpaired) electrons. The van der Waals surface area contributed by atoms with Gasteiger partial charge in [-0.2, -0.15) is 0 Å². The first-order chi connectivity index (χ1) is 5.41. The van der Waals surface area contributed by atoms with Crippen molar-refractivity contribution in [3.05, 3.63) is 42.2 Å². The Labute approximate surface area is 69.6 Å². The molecule has 0 spiro atoms. The monoisotopic (exact) mass is 148 g/mol. The zero-order chi connectivity index (χ0) is 8.36. The van der Waals surface area contributed by atoms with E-state index in [1.165, 1.54) is 0 Å². The maximum atomic E-state index is 3.04. The summed E-state index contributed by atoms with van der Waals surface area (Å²) in [7, 11) is 0. The molecule has 60 valence electrons. The average Bonchev–Trinajstić information content (AvgIpc) is 2.03. The summed E-state index contributed by atoms with van der Waals surface area (Å²) in [6, 6.07) is 0. The van der Waals surface area contributed by atoms with E-state index in [1.807, 2.05) is 30.4 Å². The lowest BCUT2D eigenvalue weighted by molar-refractivity contribution is 1.22. The Morgan fingerprint density at radius 2 is 1.82 bits per heavy atom. The Kier molecular flexibility index (Phi) is 8.18. The summed E-state index contributed by atoms with van der Waals surface area (Å²) in [5, 5.41) is 0. The minimum absolute atomic E-state index is 1.05. The molecule has 0 atom stereocenters. The molecular weight excluding hydrogens is 132 g/mol. The summed E-state index contributed by atoms with van der Waals surface area (Å²) in [6.07, 6.45) is 14.2. The predicted octanol–water partition coefficient (Wildman–Crippen LogP) is 3.63. The maximum Gasteiger partial charge on any atom is -0.0203 e.